The second-order valence-corrected chi connectivity index (χ2v) is 9.64. The van der Waals surface area contributed by atoms with Crippen LogP contribution in [0.25, 0.3) is 10.6 Å². The van der Waals surface area contributed by atoms with Crippen molar-refractivity contribution in [2.24, 2.45) is 0 Å². The number of hydrogen-bond acceptors (Lipinski definition) is 9. The van der Waals surface area contributed by atoms with Crippen molar-refractivity contribution in [1.29, 1.82) is 0 Å². The molecule has 2 aromatic carbocycles. The Morgan fingerprint density at radius 3 is 2.67 bits per heavy atom. The second kappa shape index (κ2) is 11.9. The lowest BCUT2D eigenvalue weighted by Gasteiger charge is -2.23. The number of aromatic nitrogens is 4. The summed E-state index contributed by atoms with van der Waals surface area (Å²) < 4.78 is 31.9. The molecule has 13 heteroatoms. The molecule has 1 amide bonds. The number of nitrogens with zero attached hydrogens (tertiary/aromatic N) is 5. The molecule has 4 aromatic rings. The molecule has 4 rings (SSSR count). The molecule has 0 aliphatic carbocycles. The average Bonchev–Trinajstić information content (AvgIpc) is 3.58. The third-order valence-electron chi connectivity index (χ3n) is 5.35. The molecule has 0 radical (unpaired) electrons. The van der Waals surface area contributed by atoms with E-state index in [1.54, 1.807) is 18.8 Å². The Hall–Kier alpha value is -3.65. The van der Waals surface area contributed by atoms with Crippen molar-refractivity contribution < 1.29 is 23.5 Å². The number of nitrogens with one attached hydrogen (secondary N) is 1. The van der Waals surface area contributed by atoms with E-state index in [1.807, 2.05) is 54.6 Å². The molecule has 2 heterocycles. The van der Waals surface area contributed by atoms with Gasteiger partial charge >= 0.3 is 0 Å². The van der Waals surface area contributed by atoms with Crippen molar-refractivity contribution in [3.63, 3.8) is 0 Å². The monoisotopic (exact) mass is 527 g/mol. The molecule has 2 aromatic heterocycles. The summed E-state index contributed by atoms with van der Waals surface area (Å²) in [4.78, 5) is 16.3. The smallest absolute Gasteiger partial charge is 0.245 e. The van der Waals surface area contributed by atoms with Crippen molar-refractivity contribution in [1.82, 2.24) is 25.5 Å². The predicted molar refractivity (Wildman–Crippen MR) is 133 cm³/mol. The molecular formula is C23H23N6O5S2-. The van der Waals surface area contributed by atoms with Gasteiger partial charge in [0.15, 0.2) is 0 Å². The number of benzene rings is 2. The maximum absolute atomic E-state index is 12.0. The van der Waals surface area contributed by atoms with Crippen LogP contribution in [0.15, 0.2) is 67.0 Å². The predicted octanol–water partition coefficient (Wildman–Crippen LogP) is 2.89. The molecule has 0 aliphatic heterocycles. The van der Waals surface area contributed by atoms with Crippen LogP contribution in [0.3, 0.4) is 0 Å². The van der Waals surface area contributed by atoms with E-state index in [0.29, 0.717) is 27.9 Å². The molecular weight excluding hydrogens is 504 g/mol. The Kier molecular flexibility index (Phi) is 8.38. The first-order valence-corrected chi connectivity index (χ1v) is 12.7. The summed E-state index contributed by atoms with van der Waals surface area (Å²) in [5.41, 5.74) is 3.84. The Morgan fingerprint density at radius 2 is 2.00 bits per heavy atom. The zero-order chi connectivity index (χ0) is 25.5. The van der Waals surface area contributed by atoms with Crippen LogP contribution in [0.2, 0.25) is 0 Å². The summed E-state index contributed by atoms with van der Waals surface area (Å²) in [6, 6.07) is 16.4. The summed E-state index contributed by atoms with van der Waals surface area (Å²) >= 11 is -1.33. The highest BCUT2D eigenvalue weighted by Crippen LogP contribution is 2.32. The van der Waals surface area contributed by atoms with Crippen LogP contribution in [-0.4, -0.2) is 47.0 Å². The van der Waals surface area contributed by atoms with Crippen molar-refractivity contribution in [3.05, 3.63) is 78.2 Å². The number of rotatable bonds is 11. The van der Waals surface area contributed by atoms with Gasteiger partial charge in [0.25, 0.3) is 0 Å². The van der Waals surface area contributed by atoms with Gasteiger partial charge in [-0.15, -0.1) is 5.10 Å². The number of carbonyl (C=O) groups excluding carboxylic acids is 1. The van der Waals surface area contributed by atoms with Gasteiger partial charge in [0.1, 0.15) is 21.5 Å². The largest absolute Gasteiger partial charge is 0.755 e. The van der Waals surface area contributed by atoms with Gasteiger partial charge in [-0.05, 0) is 24.1 Å². The number of anilines is 1. The summed E-state index contributed by atoms with van der Waals surface area (Å²) in [5.74, 6) is 0.126. The van der Waals surface area contributed by atoms with E-state index >= 15 is 0 Å². The number of amides is 1. The maximum atomic E-state index is 12.0. The van der Waals surface area contributed by atoms with E-state index in [0.717, 1.165) is 15.4 Å². The Balaban J connectivity index is 1.53. The van der Waals surface area contributed by atoms with Gasteiger partial charge in [-0.1, -0.05) is 59.0 Å². The van der Waals surface area contributed by atoms with Gasteiger partial charge in [-0.25, -0.2) is 15.1 Å². The van der Waals surface area contributed by atoms with Gasteiger partial charge in [-0.3, -0.25) is 18.5 Å². The van der Waals surface area contributed by atoms with Gasteiger partial charge < -0.3 is 9.29 Å². The number of carbonyl (C=O) groups is 1. The SMILES string of the molecule is COc1ccc(C[C@@H](CC(=O)NO)n2cc(CN(c3cnc(-c4ccccc4)s3)S(=O)[O-])nn2)cc1. The molecule has 0 spiro atoms. The summed E-state index contributed by atoms with van der Waals surface area (Å²) in [6.07, 6.45) is 3.47. The minimum Gasteiger partial charge on any atom is -0.755 e. The molecule has 36 heavy (non-hydrogen) atoms. The van der Waals surface area contributed by atoms with Crippen LogP contribution in [0.5, 0.6) is 5.75 Å². The number of hydrogen-bond donors (Lipinski definition) is 2. The van der Waals surface area contributed by atoms with Crippen molar-refractivity contribution in [2.45, 2.75) is 25.4 Å². The first kappa shape index (κ1) is 25.4. The summed E-state index contributed by atoms with van der Waals surface area (Å²) in [7, 11) is 1.58. The first-order valence-electron chi connectivity index (χ1n) is 10.8. The van der Waals surface area contributed by atoms with Crippen LogP contribution >= 0.6 is 11.3 Å². The Labute approximate surface area is 213 Å². The molecule has 0 saturated heterocycles. The third kappa shape index (κ3) is 6.31. The zero-order valence-corrected chi connectivity index (χ0v) is 20.8. The number of ether oxygens (including phenoxy) is 1. The Bertz CT molecular complexity index is 1310. The highest BCUT2D eigenvalue weighted by atomic mass is 32.2. The molecule has 0 aliphatic rings. The molecule has 11 nitrogen and oxygen atoms in total. The van der Waals surface area contributed by atoms with Gasteiger partial charge in [-0.2, -0.15) is 0 Å². The molecule has 0 bridgehead atoms. The fraction of sp³-hybridized carbons (Fsp3) is 0.217. The molecule has 0 saturated carbocycles. The van der Waals surface area contributed by atoms with Crippen LogP contribution < -0.4 is 14.5 Å². The van der Waals surface area contributed by atoms with E-state index < -0.39 is 23.2 Å². The zero-order valence-electron chi connectivity index (χ0n) is 19.2. The average molecular weight is 528 g/mol. The van der Waals surface area contributed by atoms with Crippen LogP contribution in [0, 0.1) is 0 Å². The topological polar surface area (TPSA) is 146 Å². The van der Waals surface area contributed by atoms with Gasteiger partial charge in [0.2, 0.25) is 5.91 Å². The number of hydroxylamine groups is 1. The van der Waals surface area contributed by atoms with E-state index in [9.17, 15) is 13.6 Å². The highest BCUT2D eigenvalue weighted by Gasteiger charge is 2.20. The Morgan fingerprint density at radius 1 is 1.25 bits per heavy atom. The van der Waals surface area contributed by atoms with E-state index in [2.05, 4.69) is 15.3 Å². The normalized spacial score (nSPS) is 12.6. The van der Waals surface area contributed by atoms with Gasteiger partial charge in [0.05, 0.1) is 38.5 Å². The quantitative estimate of drug-likeness (QED) is 0.172. The minimum atomic E-state index is -2.58. The maximum Gasteiger partial charge on any atom is 0.245 e. The first-order chi connectivity index (χ1) is 17.5. The lowest BCUT2D eigenvalue weighted by Crippen LogP contribution is -2.25. The molecule has 1 unspecified atom stereocenters. The number of thiazole rings is 1. The van der Waals surface area contributed by atoms with Crippen molar-refractivity contribution in [3.8, 4) is 16.3 Å². The third-order valence-corrected chi connectivity index (χ3v) is 7.22. The van der Waals surface area contributed by atoms with Crippen molar-refractivity contribution >= 4 is 33.5 Å². The molecule has 2 N–H and O–H groups in total. The number of methoxy groups -OCH3 is 1. The van der Waals surface area contributed by atoms with Gasteiger partial charge in [0, 0.05) is 16.8 Å². The van der Waals surface area contributed by atoms with Crippen molar-refractivity contribution in [2.75, 3.05) is 11.4 Å². The van der Waals surface area contributed by atoms with Crippen LogP contribution in [-0.2, 0) is 29.0 Å². The lowest BCUT2D eigenvalue weighted by molar-refractivity contribution is -0.130. The molecule has 188 valence electrons. The standard InChI is InChI=1S/C23H24N6O5S2/c1-34-20-9-7-16(8-10-20)11-19(12-21(30)26-31)28-14-18(25-27-28)15-29(36(32)33)22-13-24-23(35-22)17-5-3-2-4-6-17/h2-10,13-14,19,31H,11-12,15H2,1H3,(H,26,30)(H,32,33)/p-1/t19-/m0/s1. The highest BCUT2D eigenvalue weighted by molar-refractivity contribution is 7.80. The van der Waals surface area contributed by atoms with Crippen LogP contribution in [0.4, 0.5) is 5.00 Å². The van der Waals surface area contributed by atoms with E-state index in [-0.39, 0.29) is 13.0 Å². The minimum absolute atomic E-state index is 0.0577. The fourth-order valence-corrected chi connectivity index (χ4v) is 5.12. The summed E-state index contributed by atoms with van der Waals surface area (Å²) in [5, 5.41) is 18.4. The second-order valence-electron chi connectivity index (χ2n) is 7.76. The molecule has 0 fully saturated rings. The lowest BCUT2D eigenvalue weighted by atomic mass is 10.0. The summed E-state index contributed by atoms with van der Waals surface area (Å²) in [6.45, 7) is -0.0615. The van der Waals surface area contributed by atoms with E-state index in [4.69, 9.17) is 9.94 Å². The fourth-order valence-electron chi connectivity index (χ4n) is 3.56. The molecule has 2 atom stereocenters. The van der Waals surface area contributed by atoms with E-state index in [1.165, 1.54) is 22.2 Å². The van der Waals surface area contributed by atoms with Crippen LogP contribution in [0.1, 0.15) is 23.7 Å².